The molecule has 7 nitrogen and oxygen atoms in total. The summed E-state index contributed by atoms with van der Waals surface area (Å²) in [6, 6.07) is 11.1. The molecule has 1 aliphatic rings. The number of hydrogen-bond donors (Lipinski definition) is 3. The molecule has 0 saturated heterocycles. The van der Waals surface area contributed by atoms with Crippen molar-refractivity contribution in [3.8, 4) is 22.8 Å². The van der Waals surface area contributed by atoms with Crippen LogP contribution in [-0.4, -0.2) is 51.0 Å². The van der Waals surface area contributed by atoms with Crippen molar-refractivity contribution >= 4 is 5.91 Å². The number of phenolic OH excluding ortho intramolecular Hbond substituents is 1. The lowest BCUT2D eigenvalue weighted by Crippen LogP contribution is -2.31. The van der Waals surface area contributed by atoms with Crippen LogP contribution >= 0.6 is 0 Å². The van der Waals surface area contributed by atoms with Gasteiger partial charge < -0.3 is 19.8 Å². The first-order valence-corrected chi connectivity index (χ1v) is 11.5. The van der Waals surface area contributed by atoms with Crippen LogP contribution in [-0.2, 0) is 0 Å². The highest BCUT2D eigenvalue weighted by Crippen LogP contribution is 2.46. The van der Waals surface area contributed by atoms with Crippen molar-refractivity contribution in [2.75, 3.05) is 19.8 Å². The number of unbranched alkanes of at least 4 members (excludes halogenated alkanes) is 1. The summed E-state index contributed by atoms with van der Waals surface area (Å²) in [7, 11) is 0. The van der Waals surface area contributed by atoms with Gasteiger partial charge >= 0.3 is 0 Å². The fourth-order valence-electron chi connectivity index (χ4n) is 4.57. The molecule has 2 aromatic carbocycles. The highest BCUT2D eigenvalue weighted by Gasteiger charge is 2.42. The fourth-order valence-corrected chi connectivity index (χ4v) is 4.57. The summed E-state index contributed by atoms with van der Waals surface area (Å²) in [5.74, 6) is 0.727. The number of amides is 1. The van der Waals surface area contributed by atoms with Crippen molar-refractivity contribution in [1.29, 1.82) is 0 Å². The Kier molecular flexibility index (Phi) is 6.70. The second-order valence-electron chi connectivity index (χ2n) is 8.59. The third-order valence-electron chi connectivity index (χ3n) is 6.06. The average Bonchev–Trinajstić information content (AvgIpc) is 3.31. The predicted octanol–water partition coefficient (Wildman–Crippen LogP) is 4.51. The number of fused-ring (bicyclic) bond motifs is 1. The summed E-state index contributed by atoms with van der Waals surface area (Å²) in [6.45, 7) is 7.01. The molecular weight excluding hydrogens is 418 g/mol. The lowest BCUT2D eigenvalue weighted by Gasteiger charge is -2.26. The Morgan fingerprint density at radius 2 is 2.00 bits per heavy atom. The van der Waals surface area contributed by atoms with Crippen LogP contribution in [0, 0.1) is 13.8 Å². The number of phenols is 1. The predicted molar refractivity (Wildman–Crippen MR) is 127 cm³/mol. The maximum absolute atomic E-state index is 13.3. The zero-order chi connectivity index (χ0) is 23.5. The van der Waals surface area contributed by atoms with Gasteiger partial charge in [-0.05, 0) is 61.6 Å². The van der Waals surface area contributed by atoms with Gasteiger partial charge in [0.25, 0.3) is 5.91 Å². The SMILES string of the molecule is CCCCOc1cccc(C2c3c(-c4c(C)cc(C)cc4O)n[nH]c3C(=O)N2CCCO)c1. The summed E-state index contributed by atoms with van der Waals surface area (Å²) >= 11 is 0. The minimum absolute atomic E-state index is 0.00638. The molecule has 3 aromatic rings. The van der Waals surface area contributed by atoms with E-state index in [1.165, 1.54) is 0 Å². The van der Waals surface area contributed by atoms with E-state index in [0.717, 1.165) is 40.8 Å². The molecule has 7 heteroatoms. The van der Waals surface area contributed by atoms with Gasteiger partial charge in [-0.1, -0.05) is 31.5 Å². The molecule has 1 amide bonds. The number of hydrogen-bond acceptors (Lipinski definition) is 5. The van der Waals surface area contributed by atoms with E-state index in [9.17, 15) is 15.0 Å². The average molecular weight is 450 g/mol. The van der Waals surface area contributed by atoms with Gasteiger partial charge in [-0.15, -0.1) is 0 Å². The molecule has 1 unspecified atom stereocenters. The van der Waals surface area contributed by atoms with Crippen molar-refractivity contribution in [3.05, 3.63) is 64.3 Å². The molecule has 2 heterocycles. The fraction of sp³-hybridized carbons (Fsp3) is 0.385. The Morgan fingerprint density at radius 1 is 1.18 bits per heavy atom. The highest BCUT2D eigenvalue weighted by molar-refractivity contribution is 6.00. The number of aromatic amines is 1. The maximum Gasteiger partial charge on any atom is 0.273 e. The van der Waals surface area contributed by atoms with E-state index in [4.69, 9.17) is 4.74 Å². The van der Waals surface area contributed by atoms with E-state index in [1.807, 2.05) is 44.2 Å². The minimum atomic E-state index is -0.400. The molecule has 0 bridgehead atoms. The van der Waals surface area contributed by atoms with Crippen LogP contribution in [0.3, 0.4) is 0 Å². The maximum atomic E-state index is 13.3. The second-order valence-corrected chi connectivity index (χ2v) is 8.59. The number of aryl methyl sites for hydroxylation is 2. The zero-order valence-electron chi connectivity index (χ0n) is 19.4. The standard InChI is InChI=1S/C26H31N3O4/c1-4-5-12-33-19-9-6-8-18(15-19)25-22-23(21-17(3)13-16(2)14-20(21)31)27-28-24(22)26(32)29(25)10-7-11-30/h6,8-9,13-15,25,30-31H,4-5,7,10-12H2,1-3H3,(H,27,28). The van der Waals surface area contributed by atoms with Crippen molar-refractivity contribution in [2.24, 2.45) is 0 Å². The number of aliphatic hydroxyl groups is 1. The van der Waals surface area contributed by atoms with Crippen LogP contribution in [0.2, 0.25) is 0 Å². The third kappa shape index (κ3) is 4.33. The summed E-state index contributed by atoms with van der Waals surface area (Å²) in [4.78, 5) is 15.1. The minimum Gasteiger partial charge on any atom is -0.507 e. The lowest BCUT2D eigenvalue weighted by molar-refractivity contribution is 0.0732. The van der Waals surface area contributed by atoms with Crippen LogP contribution in [0.5, 0.6) is 11.5 Å². The Morgan fingerprint density at radius 3 is 2.73 bits per heavy atom. The molecule has 174 valence electrons. The molecule has 0 radical (unpaired) electrons. The van der Waals surface area contributed by atoms with Crippen LogP contribution in [0.1, 0.15) is 65.0 Å². The van der Waals surface area contributed by atoms with E-state index in [2.05, 4.69) is 17.1 Å². The Balaban J connectivity index is 1.83. The molecule has 3 N–H and O–H groups in total. The van der Waals surface area contributed by atoms with E-state index >= 15 is 0 Å². The molecule has 1 aliphatic heterocycles. The normalized spacial score (nSPS) is 15.2. The van der Waals surface area contributed by atoms with Gasteiger partial charge in [0.15, 0.2) is 0 Å². The molecule has 0 spiro atoms. The number of aromatic hydroxyl groups is 1. The Bertz CT molecular complexity index is 1130. The number of nitrogens with one attached hydrogen (secondary N) is 1. The Hall–Kier alpha value is -3.32. The molecule has 1 aromatic heterocycles. The number of carbonyl (C=O) groups is 1. The number of aromatic nitrogens is 2. The van der Waals surface area contributed by atoms with E-state index < -0.39 is 6.04 Å². The van der Waals surface area contributed by atoms with E-state index in [0.29, 0.717) is 36.5 Å². The number of aliphatic hydroxyl groups excluding tert-OH is 1. The largest absolute Gasteiger partial charge is 0.507 e. The lowest BCUT2D eigenvalue weighted by atomic mass is 9.93. The number of ether oxygens (including phenoxy) is 1. The Labute approximate surface area is 194 Å². The van der Waals surface area contributed by atoms with Gasteiger partial charge in [0.05, 0.1) is 12.6 Å². The van der Waals surface area contributed by atoms with Crippen LogP contribution < -0.4 is 4.74 Å². The number of rotatable bonds is 9. The quantitative estimate of drug-likeness (QED) is 0.418. The summed E-state index contributed by atoms with van der Waals surface area (Å²) in [5, 5.41) is 27.6. The van der Waals surface area contributed by atoms with E-state index in [1.54, 1.807) is 11.0 Å². The molecule has 4 rings (SSSR count). The van der Waals surface area contributed by atoms with Gasteiger partial charge in [-0.2, -0.15) is 5.10 Å². The second kappa shape index (κ2) is 9.67. The van der Waals surface area contributed by atoms with Crippen LogP contribution in [0.4, 0.5) is 0 Å². The summed E-state index contributed by atoms with van der Waals surface area (Å²) in [5.41, 5.74) is 5.10. The first-order chi connectivity index (χ1) is 16.0. The molecular formula is C26H31N3O4. The number of benzene rings is 2. The van der Waals surface area contributed by atoms with Gasteiger partial charge in [0.1, 0.15) is 22.9 Å². The van der Waals surface area contributed by atoms with Crippen molar-refractivity contribution in [2.45, 2.75) is 46.1 Å². The number of nitrogens with zero attached hydrogens (tertiary/aromatic N) is 2. The molecule has 1 atom stereocenters. The molecule has 33 heavy (non-hydrogen) atoms. The van der Waals surface area contributed by atoms with E-state index in [-0.39, 0.29) is 18.3 Å². The van der Waals surface area contributed by atoms with Crippen LogP contribution in [0.25, 0.3) is 11.3 Å². The molecule has 0 fully saturated rings. The summed E-state index contributed by atoms with van der Waals surface area (Å²) < 4.78 is 5.92. The zero-order valence-corrected chi connectivity index (χ0v) is 19.4. The third-order valence-corrected chi connectivity index (χ3v) is 6.06. The van der Waals surface area contributed by atoms with Gasteiger partial charge in [0.2, 0.25) is 0 Å². The van der Waals surface area contributed by atoms with Crippen molar-refractivity contribution in [3.63, 3.8) is 0 Å². The topological polar surface area (TPSA) is 98.7 Å². The molecule has 0 saturated carbocycles. The molecule has 0 aliphatic carbocycles. The monoisotopic (exact) mass is 449 g/mol. The number of carbonyl (C=O) groups excluding carboxylic acids is 1. The van der Waals surface area contributed by atoms with Gasteiger partial charge in [0, 0.05) is 24.3 Å². The first kappa shape index (κ1) is 22.9. The van der Waals surface area contributed by atoms with Gasteiger partial charge in [-0.25, -0.2) is 0 Å². The number of H-pyrrole nitrogens is 1. The summed E-state index contributed by atoms with van der Waals surface area (Å²) in [6.07, 6.45) is 2.49. The smallest absolute Gasteiger partial charge is 0.273 e. The first-order valence-electron chi connectivity index (χ1n) is 11.5. The van der Waals surface area contributed by atoms with Crippen molar-refractivity contribution in [1.82, 2.24) is 15.1 Å². The van der Waals surface area contributed by atoms with Crippen molar-refractivity contribution < 1.29 is 19.7 Å². The van der Waals surface area contributed by atoms with Gasteiger partial charge in [-0.3, -0.25) is 9.89 Å². The highest BCUT2D eigenvalue weighted by atomic mass is 16.5. The van der Waals surface area contributed by atoms with Crippen LogP contribution in [0.15, 0.2) is 36.4 Å².